The number of ether oxygens (including phenoxy) is 1. The van der Waals surface area contributed by atoms with Crippen LogP contribution in [0.4, 0.5) is 5.69 Å². The van der Waals surface area contributed by atoms with Gasteiger partial charge in [-0.25, -0.2) is 0 Å². The number of hydrogen-bond donors (Lipinski definition) is 1. The molecule has 0 aliphatic carbocycles. The maximum atomic E-state index is 11.6. The van der Waals surface area contributed by atoms with Crippen LogP contribution in [0.1, 0.15) is 32.4 Å². The van der Waals surface area contributed by atoms with E-state index in [4.69, 9.17) is 4.74 Å². The van der Waals surface area contributed by atoms with Crippen molar-refractivity contribution >= 4 is 11.6 Å². The van der Waals surface area contributed by atoms with Crippen molar-refractivity contribution < 1.29 is 9.53 Å². The fraction of sp³-hybridized carbons (Fsp3) is 0.438. The molecule has 1 heterocycles. The molecule has 0 unspecified atom stereocenters. The van der Waals surface area contributed by atoms with Crippen LogP contribution in [0.3, 0.4) is 0 Å². The summed E-state index contributed by atoms with van der Waals surface area (Å²) in [6.07, 6.45) is 0. The summed E-state index contributed by atoms with van der Waals surface area (Å²) in [4.78, 5) is 11.6. The van der Waals surface area contributed by atoms with Crippen LogP contribution in [0, 0.1) is 12.8 Å². The Morgan fingerprint density at radius 1 is 1.27 bits per heavy atom. The van der Waals surface area contributed by atoms with Crippen LogP contribution < -0.4 is 10.1 Å². The predicted molar refractivity (Wildman–Crippen MR) is 84.7 cm³/mol. The van der Waals surface area contributed by atoms with E-state index in [1.807, 2.05) is 56.5 Å². The average Bonchev–Trinajstić information content (AvgIpc) is 2.86. The Morgan fingerprint density at radius 3 is 2.55 bits per heavy atom. The van der Waals surface area contributed by atoms with Gasteiger partial charge in [0.2, 0.25) is 5.91 Å². The van der Waals surface area contributed by atoms with E-state index in [2.05, 4.69) is 15.5 Å². The molecule has 6 heteroatoms. The summed E-state index contributed by atoms with van der Waals surface area (Å²) in [5.74, 6) is 2.37. The molecule has 1 aromatic heterocycles. The number of aryl methyl sites for hydroxylation is 1. The quantitative estimate of drug-likeness (QED) is 0.891. The molecule has 0 aliphatic rings. The molecule has 6 nitrogen and oxygen atoms in total. The standard InChI is InChI=1S/C16H22N4O2/c1-5-20-12(4)18-19-15(20)10-22-14-8-6-13(7-9-14)17-16(21)11(2)3/h6-9,11H,5,10H2,1-4H3,(H,17,21). The van der Waals surface area contributed by atoms with Crippen LogP contribution >= 0.6 is 0 Å². The molecule has 0 bridgehead atoms. The summed E-state index contributed by atoms with van der Waals surface area (Å²) in [5.41, 5.74) is 0.763. The molecule has 0 saturated carbocycles. The van der Waals surface area contributed by atoms with E-state index in [1.54, 1.807) is 0 Å². The highest BCUT2D eigenvalue weighted by Gasteiger charge is 2.09. The molecule has 0 atom stereocenters. The fourth-order valence-corrected chi connectivity index (χ4v) is 2.01. The zero-order valence-electron chi connectivity index (χ0n) is 13.5. The van der Waals surface area contributed by atoms with Crippen LogP contribution in [0.15, 0.2) is 24.3 Å². The second kappa shape index (κ2) is 7.06. The number of amides is 1. The van der Waals surface area contributed by atoms with Crippen molar-refractivity contribution in [1.82, 2.24) is 14.8 Å². The minimum atomic E-state index is -0.0421. The first-order valence-electron chi connectivity index (χ1n) is 7.43. The summed E-state index contributed by atoms with van der Waals surface area (Å²) in [7, 11) is 0. The van der Waals surface area contributed by atoms with Crippen molar-refractivity contribution in [2.75, 3.05) is 5.32 Å². The van der Waals surface area contributed by atoms with Gasteiger partial charge < -0.3 is 14.6 Å². The Hall–Kier alpha value is -2.37. The van der Waals surface area contributed by atoms with Gasteiger partial charge in [-0.05, 0) is 38.1 Å². The number of anilines is 1. The molecule has 0 fully saturated rings. The Bertz CT molecular complexity index is 632. The smallest absolute Gasteiger partial charge is 0.226 e. The van der Waals surface area contributed by atoms with Gasteiger partial charge in [-0.3, -0.25) is 4.79 Å². The number of aromatic nitrogens is 3. The number of rotatable bonds is 6. The van der Waals surface area contributed by atoms with Gasteiger partial charge in [-0.15, -0.1) is 10.2 Å². The molecule has 0 radical (unpaired) electrons. The van der Waals surface area contributed by atoms with E-state index >= 15 is 0 Å². The number of nitrogens with one attached hydrogen (secondary N) is 1. The van der Waals surface area contributed by atoms with Crippen molar-refractivity contribution in [3.05, 3.63) is 35.9 Å². The van der Waals surface area contributed by atoms with E-state index in [-0.39, 0.29) is 11.8 Å². The van der Waals surface area contributed by atoms with E-state index in [9.17, 15) is 4.79 Å². The lowest BCUT2D eigenvalue weighted by atomic mass is 10.2. The SMILES string of the molecule is CCn1c(C)nnc1COc1ccc(NC(=O)C(C)C)cc1. The van der Waals surface area contributed by atoms with Crippen LogP contribution in [-0.4, -0.2) is 20.7 Å². The molecule has 118 valence electrons. The highest BCUT2D eigenvalue weighted by atomic mass is 16.5. The first kappa shape index (κ1) is 16.0. The molecule has 0 spiro atoms. The van der Waals surface area contributed by atoms with Crippen LogP contribution in [-0.2, 0) is 17.9 Å². The first-order valence-corrected chi connectivity index (χ1v) is 7.43. The van der Waals surface area contributed by atoms with Gasteiger partial charge >= 0.3 is 0 Å². The van der Waals surface area contributed by atoms with E-state index < -0.39 is 0 Å². The van der Waals surface area contributed by atoms with E-state index in [0.29, 0.717) is 6.61 Å². The summed E-state index contributed by atoms with van der Waals surface area (Å²) >= 11 is 0. The Morgan fingerprint density at radius 2 is 1.95 bits per heavy atom. The van der Waals surface area contributed by atoms with Gasteiger partial charge in [0.1, 0.15) is 18.2 Å². The average molecular weight is 302 g/mol. The molecule has 0 saturated heterocycles. The normalized spacial score (nSPS) is 10.8. The van der Waals surface area contributed by atoms with E-state index in [1.165, 1.54) is 0 Å². The van der Waals surface area contributed by atoms with Gasteiger partial charge in [0.15, 0.2) is 5.82 Å². The van der Waals surface area contributed by atoms with Crippen LogP contribution in [0.25, 0.3) is 0 Å². The second-order valence-electron chi connectivity index (χ2n) is 5.36. The zero-order valence-corrected chi connectivity index (χ0v) is 13.5. The van der Waals surface area contributed by atoms with Crippen molar-refractivity contribution in [3.8, 4) is 5.75 Å². The summed E-state index contributed by atoms with van der Waals surface area (Å²) in [5, 5.41) is 11.0. The first-order chi connectivity index (χ1) is 10.5. The highest BCUT2D eigenvalue weighted by Crippen LogP contribution is 2.17. The van der Waals surface area contributed by atoms with Crippen molar-refractivity contribution in [2.24, 2.45) is 5.92 Å². The molecule has 1 N–H and O–H groups in total. The molecule has 0 aliphatic heterocycles. The van der Waals surface area contributed by atoms with Gasteiger partial charge in [0, 0.05) is 18.2 Å². The number of benzene rings is 1. The Labute approximate surface area is 130 Å². The predicted octanol–water partition coefficient (Wildman–Crippen LogP) is 2.78. The van der Waals surface area contributed by atoms with Crippen LogP contribution in [0.2, 0.25) is 0 Å². The largest absolute Gasteiger partial charge is 0.486 e. The third kappa shape index (κ3) is 3.84. The van der Waals surface area contributed by atoms with E-state index in [0.717, 1.165) is 29.6 Å². The monoisotopic (exact) mass is 302 g/mol. The molecule has 22 heavy (non-hydrogen) atoms. The molecule has 1 amide bonds. The third-order valence-corrected chi connectivity index (χ3v) is 3.34. The third-order valence-electron chi connectivity index (χ3n) is 3.34. The maximum absolute atomic E-state index is 11.6. The zero-order chi connectivity index (χ0) is 16.1. The minimum Gasteiger partial charge on any atom is -0.486 e. The lowest BCUT2D eigenvalue weighted by Gasteiger charge is -2.10. The maximum Gasteiger partial charge on any atom is 0.226 e. The highest BCUT2D eigenvalue weighted by molar-refractivity contribution is 5.92. The van der Waals surface area contributed by atoms with Gasteiger partial charge in [0.25, 0.3) is 0 Å². The summed E-state index contributed by atoms with van der Waals surface area (Å²) in [6.45, 7) is 8.87. The Kier molecular flexibility index (Phi) is 5.14. The van der Waals surface area contributed by atoms with Crippen molar-refractivity contribution in [3.63, 3.8) is 0 Å². The molecule has 1 aromatic carbocycles. The number of hydrogen-bond acceptors (Lipinski definition) is 4. The van der Waals surface area contributed by atoms with Crippen molar-refractivity contribution in [2.45, 2.75) is 40.8 Å². The lowest BCUT2D eigenvalue weighted by molar-refractivity contribution is -0.118. The molecule has 2 rings (SSSR count). The Balaban J connectivity index is 1.95. The number of carbonyl (C=O) groups excluding carboxylic acids is 1. The number of carbonyl (C=O) groups is 1. The van der Waals surface area contributed by atoms with Crippen molar-refractivity contribution in [1.29, 1.82) is 0 Å². The molecule has 2 aromatic rings. The summed E-state index contributed by atoms with van der Waals surface area (Å²) < 4.78 is 7.73. The molecular weight excluding hydrogens is 280 g/mol. The minimum absolute atomic E-state index is 0.000177. The lowest BCUT2D eigenvalue weighted by Crippen LogP contribution is -2.17. The molecular formula is C16H22N4O2. The van der Waals surface area contributed by atoms with Gasteiger partial charge in [-0.1, -0.05) is 13.8 Å². The van der Waals surface area contributed by atoms with Gasteiger partial charge in [0.05, 0.1) is 0 Å². The second-order valence-corrected chi connectivity index (χ2v) is 5.36. The summed E-state index contributed by atoms with van der Waals surface area (Å²) in [6, 6.07) is 7.31. The van der Waals surface area contributed by atoms with Crippen LogP contribution in [0.5, 0.6) is 5.75 Å². The topological polar surface area (TPSA) is 69.0 Å². The number of nitrogens with zero attached hydrogens (tertiary/aromatic N) is 3. The fourth-order valence-electron chi connectivity index (χ4n) is 2.01. The van der Waals surface area contributed by atoms with Gasteiger partial charge in [-0.2, -0.15) is 0 Å².